The maximum absolute atomic E-state index is 12.6. The molecule has 0 N–H and O–H groups in total. The predicted molar refractivity (Wildman–Crippen MR) is 102 cm³/mol. The van der Waals surface area contributed by atoms with Crippen molar-refractivity contribution in [1.29, 1.82) is 0 Å². The number of amides is 1. The van der Waals surface area contributed by atoms with Crippen LogP contribution in [0.1, 0.15) is 6.92 Å². The van der Waals surface area contributed by atoms with Crippen molar-refractivity contribution in [2.24, 2.45) is 0 Å². The Balaban J connectivity index is 1.56. The highest BCUT2D eigenvalue weighted by Crippen LogP contribution is 2.28. The fraction of sp³-hybridized carbons (Fsp3) is 0.316. The van der Waals surface area contributed by atoms with Crippen molar-refractivity contribution in [2.45, 2.75) is 13.0 Å². The zero-order chi connectivity index (χ0) is 17.8. The van der Waals surface area contributed by atoms with E-state index in [2.05, 4.69) is 17.0 Å². The highest BCUT2D eigenvalue weighted by atomic mass is 35.5. The molecule has 132 valence electrons. The Hall–Kier alpha value is -1.91. The smallest absolute Gasteiger partial charge is 0.263 e. The monoisotopic (exact) mass is 378 g/mol. The predicted octanol–water partition coefficient (Wildman–Crippen LogP) is 4.11. The zero-order valence-electron chi connectivity index (χ0n) is 14.0. The van der Waals surface area contributed by atoms with Gasteiger partial charge in [-0.2, -0.15) is 0 Å². The van der Waals surface area contributed by atoms with Gasteiger partial charge >= 0.3 is 0 Å². The highest BCUT2D eigenvalue weighted by molar-refractivity contribution is 6.35. The summed E-state index contributed by atoms with van der Waals surface area (Å²) in [6, 6.07) is 15.2. The Morgan fingerprint density at radius 2 is 1.72 bits per heavy atom. The second kappa shape index (κ2) is 7.98. The summed E-state index contributed by atoms with van der Waals surface area (Å²) in [7, 11) is 0. The van der Waals surface area contributed by atoms with Crippen LogP contribution in [0.5, 0.6) is 5.75 Å². The van der Waals surface area contributed by atoms with Crippen LogP contribution in [-0.4, -0.2) is 43.1 Å². The molecule has 1 unspecified atom stereocenters. The summed E-state index contributed by atoms with van der Waals surface area (Å²) < 4.78 is 5.73. The molecule has 0 spiro atoms. The first kappa shape index (κ1) is 17.9. The lowest BCUT2D eigenvalue weighted by atomic mass is 10.2. The minimum absolute atomic E-state index is 0.0290. The average Bonchev–Trinajstić information content (AvgIpc) is 2.64. The minimum Gasteiger partial charge on any atom is -0.479 e. The molecular weight excluding hydrogens is 359 g/mol. The van der Waals surface area contributed by atoms with Gasteiger partial charge in [-0.3, -0.25) is 4.79 Å². The molecule has 1 saturated heterocycles. The van der Waals surface area contributed by atoms with Gasteiger partial charge in [0, 0.05) is 36.9 Å². The minimum atomic E-state index is -0.595. The summed E-state index contributed by atoms with van der Waals surface area (Å²) >= 11 is 12.0. The molecule has 2 aromatic rings. The fourth-order valence-corrected chi connectivity index (χ4v) is 3.35. The number of piperazine rings is 1. The molecule has 1 atom stereocenters. The van der Waals surface area contributed by atoms with Gasteiger partial charge in [-0.05, 0) is 37.3 Å². The first-order valence-corrected chi connectivity index (χ1v) is 9.00. The SMILES string of the molecule is CC(Oc1ccc(Cl)cc1Cl)C(=O)N1CCN(c2ccccc2)CC1. The van der Waals surface area contributed by atoms with Crippen LogP contribution in [0.25, 0.3) is 0 Å². The first-order valence-electron chi connectivity index (χ1n) is 8.25. The second-order valence-electron chi connectivity index (χ2n) is 5.98. The van der Waals surface area contributed by atoms with Gasteiger partial charge in [-0.1, -0.05) is 41.4 Å². The van der Waals surface area contributed by atoms with Crippen molar-refractivity contribution in [3.05, 3.63) is 58.6 Å². The number of carbonyl (C=O) groups excluding carboxylic acids is 1. The molecule has 2 aromatic carbocycles. The summed E-state index contributed by atoms with van der Waals surface area (Å²) in [6.45, 7) is 4.72. The third kappa shape index (κ3) is 4.39. The Labute approximate surface area is 157 Å². The third-order valence-electron chi connectivity index (χ3n) is 4.26. The number of benzene rings is 2. The number of carbonyl (C=O) groups is 1. The van der Waals surface area contributed by atoms with E-state index in [9.17, 15) is 4.79 Å². The van der Waals surface area contributed by atoms with Crippen LogP contribution in [0.15, 0.2) is 48.5 Å². The normalized spacial score (nSPS) is 15.8. The number of hydrogen-bond donors (Lipinski definition) is 0. The van der Waals surface area contributed by atoms with Crippen molar-refractivity contribution in [2.75, 3.05) is 31.1 Å². The summed E-state index contributed by atoms with van der Waals surface area (Å²) in [5.74, 6) is 0.438. The van der Waals surface area contributed by atoms with E-state index in [1.807, 2.05) is 23.1 Å². The summed E-state index contributed by atoms with van der Waals surface area (Å²) in [6.07, 6.45) is -0.595. The summed E-state index contributed by atoms with van der Waals surface area (Å²) in [5.41, 5.74) is 1.19. The van der Waals surface area contributed by atoms with E-state index in [1.165, 1.54) is 5.69 Å². The molecule has 1 aliphatic rings. The Morgan fingerprint density at radius 1 is 1.04 bits per heavy atom. The Bertz CT molecular complexity index is 731. The lowest BCUT2D eigenvalue weighted by Gasteiger charge is -2.37. The number of nitrogens with zero attached hydrogens (tertiary/aromatic N) is 2. The van der Waals surface area contributed by atoms with Crippen LogP contribution >= 0.6 is 23.2 Å². The molecular formula is C19H20Cl2N2O2. The van der Waals surface area contributed by atoms with E-state index >= 15 is 0 Å². The van der Waals surface area contributed by atoms with Crippen LogP contribution in [0.3, 0.4) is 0 Å². The van der Waals surface area contributed by atoms with Gasteiger partial charge in [0.2, 0.25) is 0 Å². The quantitative estimate of drug-likeness (QED) is 0.802. The molecule has 25 heavy (non-hydrogen) atoms. The van der Waals surface area contributed by atoms with E-state index in [-0.39, 0.29) is 5.91 Å². The molecule has 6 heteroatoms. The molecule has 0 aliphatic carbocycles. The molecule has 0 radical (unpaired) electrons. The maximum Gasteiger partial charge on any atom is 0.263 e. The van der Waals surface area contributed by atoms with E-state index in [0.717, 1.165) is 13.1 Å². The molecule has 1 heterocycles. The average molecular weight is 379 g/mol. The molecule has 1 amide bonds. The lowest BCUT2D eigenvalue weighted by molar-refractivity contribution is -0.138. The molecule has 0 bridgehead atoms. The topological polar surface area (TPSA) is 32.8 Å². The van der Waals surface area contributed by atoms with Gasteiger partial charge in [-0.15, -0.1) is 0 Å². The number of rotatable bonds is 4. The van der Waals surface area contributed by atoms with Crippen LogP contribution in [-0.2, 0) is 4.79 Å². The largest absolute Gasteiger partial charge is 0.479 e. The van der Waals surface area contributed by atoms with Crippen LogP contribution in [0.2, 0.25) is 10.0 Å². The first-order chi connectivity index (χ1) is 12.0. The number of hydrogen-bond acceptors (Lipinski definition) is 3. The van der Waals surface area contributed by atoms with E-state index in [1.54, 1.807) is 25.1 Å². The van der Waals surface area contributed by atoms with Crippen molar-refractivity contribution >= 4 is 34.8 Å². The Morgan fingerprint density at radius 3 is 2.36 bits per heavy atom. The molecule has 0 saturated carbocycles. The van der Waals surface area contributed by atoms with E-state index in [0.29, 0.717) is 28.9 Å². The van der Waals surface area contributed by atoms with Crippen molar-refractivity contribution < 1.29 is 9.53 Å². The number of para-hydroxylation sites is 1. The van der Waals surface area contributed by atoms with Gasteiger partial charge in [0.1, 0.15) is 5.75 Å². The molecule has 4 nitrogen and oxygen atoms in total. The van der Waals surface area contributed by atoms with E-state index < -0.39 is 6.10 Å². The van der Waals surface area contributed by atoms with Gasteiger partial charge in [-0.25, -0.2) is 0 Å². The zero-order valence-corrected chi connectivity index (χ0v) is 15.5. The number of anilines is 1. The molecule has 1 aliphatic heterocycles. The van der Waals surface area contributed by atoms with Crippen LogP contribution in [0.4, 0.5) is 5.69 Å². The molecule has 3 rings (SSSR count). The number of ether oxygens (including phenoxy) is 1. The van der Waals surface area contributed by atoms with Crippen LogP contribution in [0, 0.1) is 0 Å². The highest BCUT2D eigenvalue weighted by Gasteiger charge is 2.26. The summed E-state index contributed by atoms with van der Waals surface area (Å²) in [4.78, 5) is 16.8. The second-order valence-corrected chi connectivity index (χ2v) is 6.83. The third-order valence-corrected chi connectivity index (χ3v) is 4.79. The van der Waals surface area contributed by atoms with Crippen molar-refractivity contribution in [3.8, 4) is 5.75 Å². The van der Waals surface area contributed by atoms with E-state index in [4.69, 9.17) is 27.9 Å². The molecule has 1 fully saturated rings. The van der Waals surface area contributed by atoms with Gasteiger partial charge in [0.05, 0.1) is 5.02 Å². The Kier molecular flexibility index (Phi) is 5.71. The number of halogens is 2. The standard InChI is InChI=1S/C19H20Cl2N2O2/c1-14(25-18-8-7-15(20)13-17(18)21)19(24)23-11-9-22(10-12-23)16-5-3-2-4-6-16/h2-8,13-14H,9-12H2,1H3. The maximum atomic E-state index is 12.6. The summed E-state index contributed by atoms with van der Waals surface area (Å²) in [5, 5.41) is 0.939. The van der Waals surface area contributed by atoms with Crippen molar-refractivity contribution in [1.82, 2.24) is 4.90 Å². The van der Waals surface area contributed by atoms with Gasteiger partial charge < -0.3 is 14.5 Å². The fourth-order valence-electron chi connectivity index (χ4n) is 2.89. The van der Waals surface area contributed by atoms with Gasteiger partial charge in [0.15, 0.2) is 6.10 Å². The lowest BCUT2D eigenvalue weighted by Crippen LogP contribution is -2.52. The van der Waals surface area contributed by atoms with Crippen molar-refractivity contribution in [3.63, 3.8) is 0 Å². The van der Waals surface area contributed by atoms with Gasteiger partial charge in [0.25, 0.3) is 5.91 Å². The molecule has 0 aromatic heterocycles. The van der Waals surface area contributed by atoms with Crippen LogP contribution < -0.4 is 9.64 Å².